The third kappa shape index (κ3) is 7.72. The van der Waals surface area contributed by atoms with Gasteiger partial charge >= 0.3 is 6.09 Å². The molecule has 182 valence electrons. The Balaban J connectivity index is 1.66. The molecule has 3 aromatic rings. The molecule has 0 aliphatic carbocycles. The summed E-state index contributed by atoms with van der Waals surface area (Å²) in [7, 11) is 0. The number of rotatable bonds is 11. The van der Waals surface area contributed by atoms with Crippen LogP contribution in [0.3, 0.4) is 0 Å². The molecular formula is C25H33N5O3S. The maximum absolute atomic E-state index is 12.5. The van der Waals surface area contributed by atoms with Crippen molar-refractivity contribution in [3.05, 3.63) is 64.2 Å². The number of hydrogen-bond donors (Lipinski definition) is 4. The van der Waals surface area contributed by atoms with E-state index in [0.29, 0.717) is 60.8 Å². The summed E-state index contributed by atoms with van der Waals surface area (Å²) in [6, 6.07) is 12.9. The first-order chi connectivity index (χ1) is 16.4. The number of nitrogens with one attached hydrogen (secondary N) is 1. The summed E-state index contributed by atoms with van der Waals surface area (Å²) in [5.74, 6) is 1.51. The van der Waals surface area contributed by atoms with Gasteiger partial charge in [-0.1, -0.05) is 26.0 Å². The number of nitrogens with two attached hydrogens (primary N) is 3. The summed E-state index contributed by atoms with van der Waals surface area (Å²) in [5, 5.41) is 3.27. The van der Waals surface area contributed by atoms with Crippen molar-refractivity contribution in [3.63, 3.8) is 0 Å². The van der Waals surface area contributed by atoms with Crippen molar-refractivity contribution in [2.24, 2.45) is 17.4 Å². The molecule has 0 spiro atoms. The second-order valence-corrected chi connectivity index (χ2v) is 9.50. The van der Waals surface area contributed by atoms with Gasteiger partial charge in [-0.25, -0.2) is 9.78 Å². The number of carbonyl (C=O) groups excluding carboxylic acids is 1. The lowest BCUT2D eigenvalue weighted by atomic mass is 10.0. The average Bonchev–Trinajstić information content (AvgIpc) is 3.13. The van der Waals surface area contributed by atoms with E-state index in [-0.39, 0.29) is 0 Å². The van der Waals surface area contributed by atoms with Crippen LogP contribution >= 0.6 is 11.3 Å². The van der Waals surface area contributed by atoms with E-state index in [9.17, 15) is 4.79 Å². The maximum Gasteiger partial charge on any atom is 0.417 e. The van der Waals surface area contributed by atoms with Crippen LogP contribution in [0.4, 0.5) is 15.6 Å². The van der Waals surface area contributed by atoms with Gasteiger partial charge in [0, 0.05) is 36.0 Å². The van der Waals surface area contributed by atoms with Crippen LogP contribution in [-0.4, -0.2) is 24.2 Å². The highest BCUT2D eigenvalue weighted by molar-refractivity contribution is 7.15. The van der Waals surface area contributed by atoms with Crippen molar-refractivity contribution in [1.29, 1.82) is 0 Å². The van der Waals surface area contributed by atoms with Gasteiger partial charge in [0.05, 0.1) is 12.3 Å². The summed E-state index contributed by atoms with van der Waals surface area (Å²) in [6.07, 6.45) is 1.63. The van der Waals surface area contributed by atoms with Gasteiger partial charge in [0.1, 0.15) is 11.5 Å². The smallest absolute Gasteiger partial charge is 0.417 e. The van der Waals surface area contributed by atoms with Gasteiger partial charge in [0.15, 0.2) is 5.13 Å². The summed E-state index contributed by atoms with van der Waals surface area (Å²) < 4.78 is 11.6. The number of carbonyl (C=O) groups is 1. The van der Waals surface area contributed by atoms with E-state index in [0.717, 1.165) is 28.1 Å². The fraction of sp³-hybridized carbons (Fsp3) is 0.360. The molecule has 1 aromatic heterocycles. The van der Waals surface area contributed by atoms with Gasteiger partial charge in [0.25, 0.3) is 0 Å². The minimum absolute atomic E-state index is 0.426. The Kier molecular flexibility index (Phi) is 9.26. The highest BCUT2D eigenvalue weighted by Gasteiger charge is 2.12. The molecule has 3 rings (SSSR count). The summed E-state index contributed by atoms with van der Waals surface area (Å²) in [5.41, 5.74) is 20.7. The zero-order chi connectivity index (χ0) is 24.5. The fourth-order valence-electron chi connectivity index (χ4n) is 3.53. The number of benzene rings is 2. The largest absolute Gasteiger partial charge is 0.493 e. The van der Waals surface area contributed by atoms with Crippen LogP contribution in [0.1, 0.15) is 35.5 Å². The molecular weight excluding hydrogens is 450 g/mol. The van der Waals surface area contributed by atoms with Gasteiger partial charge in [-0.05, 0) is 54.3 Å². The number of amides is 1. The Morgan fingerprint density at radius 1 is 1.06 bits per heavy atom. The van der Waals surface area contributed by atoms with Crippen molar-refractivity contribution < 1.29 is 14.3 Å². The van der Waals surface area contributed by atoms with Crippen LogP contribution in [0.15, 0.2) is 42.5 Å². The molecule has 8 nitrogen and oxygen atoms in total. The Morgan fingerprint density at radius 3 is 2.47 bits per heavy atom. The van der Waals surface area contributed by atoms with Crippen molar-refractivity contribution in [1.82, 2.24) is 4.98 Å². The number of aromatic nitrogens is 1. The molecule has 0 atom stereocenters. The van der Waals surface area contributed by atoms with E-state index in [1.807, 2.05) is 24.3 Å². The molecule has 9 heteroatoms. The molecule has 0 aliphatic heterocycles. The number of thiazole rings is 1. The first-order valence-electron chi connectivity index (χ1n) is 11.3. The summed E-state index contributed by atoms with van der Waals surface area (Å²) in [4.78, 5) is 17.9. The molecule has 2 aromatic carbocycles. The monoisotopic (exact) mass is 483 g/mol. The maximum atomic E-state index is 12.5. The molecule has 0 fully saturated rings. The van der Waals surface area contributed by atoms with E-state index in [2.05, 4.69) is 24.1 Å². The molecule has 0 bridgehead atoms. The van der Waals surface area contributed by atoms with Crippen LogP contribution in [0.25, 0.3) is 0 Å². The van der Waals surface area contributed by atoms with E-state index in [1.165, 1.54) is 11.3 Å². The van der Waals surface area contributed by atoms with Crippen molar-refractivity contribution in [2.45, 2.75) is 39.7 Å². The van der Waals surface area contributed by atoms with Gasteiger partial charge in [-0.3, -0.25) is 5.32 Å². The standard InChI is InChI=1S/C25H33N5O3S/c1-16(2)11-18-12-20(32-10-8-23-22(7-9-26)30-24(28)34-23)14-21(13-18)33-25(31)29-19-5-3-17(15-27)4-6-19/h3-6,12-14,16H,7-11,15,26-27H2,1-2H3,(H2,28,30)(H,29,31). The van der Waals surface area contributed by atoms with Gasteiger partial charge in [-0.2, -0.15) is 0 Å². The molecule has 0 saturated carbocycles. The normalized spacial score (nSPS) is 11.0. The molecule has 0 saturated heterocycles. The lowest BCUT2D eigenvalue weighted by Gasteiger charge is -2.13. The third-order valence-corrected chi connectivity index (χ3v) is 5.99. The molecule has 0 unspecified atom stereocenters. The molecule has 34 heavy (non-hydrogen) atoms. The van der Waals surface area contributed by atoms with Crippen LogP contribution in [0, 0.1) is 5.92 Å². The second-order valence-electron chi connectivity index (χ2n) is 8.39. The molecule has 1 amide bonds. The fourth-order valence-corrected chi connectivity index (χ4v) is 4.39. The topological polar surface area (TPSA) is 139 Å². The zero-order valence-electron chi connectivity index (χ0n) is 19.7. The number of nitrogens with zero attached hydrogens (tertiary/aromatic N) is 1. The van der Waals surface area contributed by atoms with Gasteiger partial charge in [0.2, 0.25) is 0 Å². The number of nitrogen functional groups attached to an aromatic ring is 1. The summed E-state index contributed by atoms with van der Waals surface area (Å²) >= 11 is 1.46. The first kappa shape index (κ1) is 25.5. The Morgan fingerprint density at radius 2 is 1.79 bits per heavy atom. The number of hydrogen-bond acceptors (Lipinski definition) is 8. The van der Waals surface area contributed by atoms with Gasteiger partial charge in [-0.15, -0.1) is 11.3 Å². The number of anilines is 2. The predicted octanol–water partition coefficient (Wildman–Crippen LogP) is 4.12. The highest BCUT2D eigenvalue weighted by Crippen LogP contribution is 2.27. The third-order valence-electron chi connectivity index (χ3n) is 5.00. The van der Waals surface area contributed by atoms with Crippen LogP contribution < -0.4 is 32.0 Å². The molecule has 0 aliphatic rings. The minimum atomic E-state index is -0.570. The first-order valence-corrected chi connectivity index (χ1v) is 12.2. The lowest BCUT2D eigenvalue weighted by Crippen LogP contribution is -2.17. The molecule has 0 radical (unpaired) electrons. The number of ether oxygens (including phenoxy) is 2. The quantitative estimate of drug-likeness (QED) is 0.322. The van der Waals surface area contributed by atoms with E-state index in [1.54, 1.807) is 18.2 Å². The Labute approximate surface area is 204 Å². The molecule has 1 heterocycles. The van der Waals surface area contributed by atoms with E-state index in [4.69, 9.17) is 26.7 Å². The van der Waals surface area contributed by atoms with Gasteiger partial charge < -0.3 is 26.7 Å². The van der Waals surface area contributed by atoms with E-state index < -0.39 is 6.09 Å². The van der Waals surface area contributed by atoms with Crippen molar-refractivity contribution >= 4 is 28.2 Å². The predicted molar refractivity (Wildman–Crippen MR) is 137 cm³/mol. The van der Waals surface area contributed by atoms with E-state index >= 15 is 0 Å². The summed E-state index contributed by atoms with van der Waals surface area (Å²) in [6.45, 7) is 5.69. The average molecular weight is 484 g/mol. The van der Waals surface area contributed by atoms with Crippen molar-refractivity contribution in [3.8, 4) is 11.5 Å². The SMILES string of the molecule is CC(C)Cc1cc(OCCc2sc(N)nc2CCN)cc(OC(=O)Nc2ccc(CN)cc2)c1. The molecule has 7 N–H and O–H groups in total. The second kappa shape index (κ2) is 12.4. The lowest BCUT2D eigenvalue weighted by molar-refractivity contribution is 0.215. The van der Waals surface area contributed by atoms with Crippen molar-refractivity contribution in [2.75, 3.05) is 24.2 Å². The Bertz CT molecular complexity index is 1080. The van der Waals surface area contributed by atoms with Crippen LogP contribution in [-0.2, 0) is 25.8 Å². The zero-order valence-corrected chi connectivity index (χ0v) is 20.5. The van der Waals surface area contributed by atoms with Crippen LogP contribution in [0.5, 0.6) is 11.5 Å². The highest BCUT2D eigenvalue weighted by atomic mass is 32.1. The minimum Gasteiger partial charge on any atom is -0.493 e. The van der Waals surface area contributed by atoms with Crippen LogP contribution in [0.2, 0.25) is 0 Å². The Hall–Kier alpha value is -3.14.